The van der Waals surface area contributed by atoms with Crippen LogP contribution in [0.15, 0.2) is 59.5 Å². The maximum Gasteiger partial charge on any atom is 0.337 e. The number of aliphatic carboxylic acids is 1. The van der Waals surface area contributed by atoms with E-state index in [4.69, 9.17) is 11.6 Å². The van der Waals surface area contributed by atoms with Crippen LogP contribution in [0.4, 0.5) is 11.4 Å². The molecule has 3 unspecified atom stereocenters. The van der Waals surface area contributed by atoms with E-state index >= 15 is 0 Å². The predicted octanol–water partition coefficient (Wildman–Crippen LogP) is 4.76. The molecule has 10 heteroatoms. The summed E-state index contributed by atoms with van der Waals surface area (Å²) in [5.74, 6) is -4.30. The molecule has 8 nitrogen and oxygen atoms in total. The first-order chi connectivity index (χ1) is 16.2. The lowest BCUT2D eigenvalue weighted by Gasteiger charge is -2.24. The van der Waals surface area contributed by atoms with Crippen LogP contribution in [-0.4, -0.2) is 39.2 Å². The van der Waals surface area contributed by atoms with Crippen molar-refractivity contribution in [1.82, 2.24) is 0 Å². The number of hydrogen-bond donors (Lipinski definition) is 4. The highest BCUT2D eigenvalue weighted by Gasteiger charge is 2.34. The number of carbonyl (C=O) groups is 4. The van der Waals surface area contributed by atoms with Crippen LogP contribution in [-0.2, 0) is 14.4 Å². The van der Waals surface area contributed by atoms with Crippen LogP contribution < -0.4 is 10.6 Å². The van der Waals surface area contributed by atoms with Crippen LogP contribution in [0.5, 0.6) is 0 Å². The van der Waals surface area contributed by atoms with Gasteiger partial charge >= 0.3 is 11.9 Å². The number of halogens is 1. The van der Waals surface area contributed by atoms with E-state index in [1.54, 1.807) is 37.3 Å². The molecule has 0 saturated carbocycles. The molecule has 3 rings (SSSR count). The van der Waals surface area contributed by atoms with Gasteiger partial charge in [-0.15, -0.1) is 11.8 Å². The highest BCUT2D eigenvalue weighted by atomic mass is 35.5. The van der Waals surface area contributed by atoms with Crippen molar-refractivity contribution < 1.29 is 29.4 Å². The molecule has 0 aliphatic heterocycles. The number of carboxylic acid groups (broad SMARTS) is 2. The van der Waals surface area contributed by atoms with Crippen molar-refractivity contribution in [3.63, 3.8) is 0 Å². The SMILES string of the molecule is CC(Sc1cccc(NC(=O)C2CC=CCC2C(=O)O)c1)C(=O)Nc1ccc(Cl)c(C(=O)O)c1. The molecule has 34 heavy (non-hydrogen) atoms. The van der Waals surface area contributed by atoms with Crippen molar-refractivity contribution in [2.24, 2.45) is 11.8 Å². The fourth-order valence-electron chi connectivity index (χ4n) is 3.53. The predicted molar refractivity (Wildman–Crippen MR) is 130 cm³/mol. The van der Waals surface area contributed by atoms with Crippen LogP contribution >= 0.6 is 23.4 Å². The van der Waals surface area contributed by atoms with Gasteiger partial charge in [-0.2, -0.15) is 0 Å². The van der Waals surface area contributed by atoms with Crippen molar-refractivity contribution >= 4 is 58.5 Å². The molecular weight excluding hydrogens is 480 g/mol. The summed E-state index contributed by atoms with van der Waals surface area (Å²) >= 11 is 7.12. The number of nitrogens with one attached hydrogen (secondary N) is 2. The van der Waals surface area contributed by atoms with Gasteiger partial charge in [-0.05, 0) is 56.2 Å². The molecule has 4 N–H and O–H groups in total. The standard InChI is InChI=1S/C24H23ClN2O6S/c1-13(21(28)26-15-9-10-20(25)19(12-15)24(32)33)34-16-6-4-5-14(11-16)27-22(29)17-7-2-3-8-18(17)23(30)31/h2-6,9-13,17-18H,7-8H2,1H3,(H,26,28)(H,27,29)(H,30,31)(H,32,33). The third kappa shape index (κ3) is 6.39. The van der Waals surface area contributed by atoms with E-state index in [1.165, 1.54) is 30.0 Å². The number of anilines is 2. The highest BCUT2D eigenvalue weighted by Crippen LogP contribution is 2.30. The van der Waals surface area contributed by atoms with Crippen molar-refractivity contribution in [2.75, 3.05) is 10.6 Å². The number of allylic oxidation sites excluding steroid dienone is 2. The number of hydrogen-bond acceptors (Lipinski definition) is 5. The number of rotatable bonds is 8. The van der Waals surface area contributed by atoms with Crippen molar-refractivity contribution in [3.05, 3.63) is 65.2 Å². The lowest BCUT2D eigenvalue weighted by Crippen LogP contribution is -2.34. The van der Waals surface area contributed by atoms with Crippen LogP contribution in [0.3, 0.4) is 0 Å². The number of carbonyl (C=O) groups excluding carboxylic acids is 2. The van der Waals surface area contributed by atoms with Gasteiger partial charge in [-0.1, -0.05) is 29.8 Å². The Morgan fingerprint density at radius 1 is 0.971 bits per heavy atom. The Morgan fingerprint density at radius 2 is 1.65 bits per heavy atom. The molecule has 0 heterocycles. The second-order valence-electron chi connectivity index (χ2n) is 7.76. The fraction of sp³-hybridized carbons (Fsp3) is 0.250. The first kappa shape index (κ1) is 25.3. The molecule has 3 atom stereocenters. The Balaban J connectivity index is 1.63. The van der Waals surface area contributed by atoms with Gasteiger partial charge in [-0.25, -0.2) is 4.79 Å². The zero-order valence-corrected chi connectivity index (χ0v) is 19.7. The van der Waals surface area contributed by atoms with Gasteiger partial charge in [0.1, 0.15) is 0 Å². The fourth-order valence-corrected chi connectivity index (χ4v) is 4.65. The third-order valence-corrected chi connectivity index (χ3v) is 6.76. The van der Waals surface area contributed by atoms with E-state index in [2.05, 4.69) is 10.6 Å². The van der Waals surface area contributed by atoms with Crippen LogP contribution in [0, 0.1) is 11.8 Å². The minimum Gasteiger partial charge on any atom is -0.481 e. The Kier molecular flexibility index (Phi) is 8.36. The van der Waals surface area contributed by atoms with Crippen LogP contribution in [0.2, 0.25) is 5.02 Å². The molecule has 0 radical (unpaired) electrons. The second-order valence-corrected chi connectivity index (χ2v) is 9.58. The maximum absolute atomic E-state index is 12.7. The minimum absolute atomic E-state index is 0.0747. The molecule has 1 aliphatic rings. The molecule has 0 fully saturated rings. The minimum atomic E-state index is -1.19. The maximum atomic E-state index is 12.7. The van der Waals surface area contributed by atoms with Gasteiger partial charge in [0.25, 0.3) is 0 Å². The van der Waals surface area contributed by atoms with Crippen molar-refractivity contribution in [3.8, 4) is 0 Å². The lowest BCUT2D eigenvalue weighted by atomic mass is 9.82. The summed E-state index contributed by atoms with van der Waals surface area (Å²) in [4.78, 5) is 48.7. The summed E-state index contributed by atoms with van der Waals surface area (Å²) in [5, 5.41) is 23.6. The summed E-state index contributed by atoms with van der Waals surface area (Å²) in [5.41, 5.74) is 0.710. The average molecular weight is 503 g/mol. The molecule has 0 saturated heterocycles. The van der Waals surface area contributed by atoms with Crippen LogP contribution in [0.25, 0.3) is 0 Å². The first-order valence-corrected chi connectivity index (χ1v) is 11.7. The molecule has 178 valence electrons. The zero-order valence-electron chi connectivity index (χ0n) is 18.2. The number of benzene rings is 2. The normalized spacial score (nSPS) is 18.1. The van der Waals surface area contributed by atoms with E-state index in [1.807, 2.05) is 6.08 Å². The third-order valence-electron chi connectivity index (χ3n) is 5.33. The average Bonchev–Trinajstić information content (AvgIpc) is 2.80. The summed E-state index contributed by atoms with van der Waals surface area (Å²) < 4.78 is 0. The Hall–Kier alpha value is -3.30. The summed E-state index contributed by atoms with van der Waals surface area (Å²) in [7, 11) is 0. The summed E-state index contributed by atoms with van der Waals surface area (Å²) in [6.45, 7) is 1.70. The molecule has 2 aromatic rings. The topological polar surface area (TPSA) is 133 Å². The van der Waals surface area contributed by atoms with E-state index < -0.39 is 29.0 Å². The van der Waals surface area contributed by atoms with E-state index in [0.29, 0.717) is 24.2 Å². The summed E-state index contributed by atoms with van der Waals surface area (Å²) in [6, 6.07) is 11.1. The number of carboxylic acids is 2. The smallest absolute Gasteiger partial charge is 0.337 e. The second kappa shape index (κ2) is 11.2. The first-order valence-electron chi connectivity index (χ1n) is 10.4. The lowest BCUT2D eigenvalue weighted by molar-refractivity contribution is -0.146. The molecular formula is C24H23ClN2O6S. The Morgan fingerprint density at radius 3 is 2.32 bits per heavy atom. The summed E-state index contributed by atoms with van der Waals surface area (Å²) in [6.07, 6.45) is 4.27. The largest absolute Gasteiger partial charge is 0.481 e. The molecule has 2 amide bonds. The van der Waals surface area contributed by atoms with Gasteiger partial charge in [0.05, 0.1) is 27.7 Å². The monoisotopic (exact) mass is 502 g/mol. The van der Waals surface area contributed by atoms with Gasteiger partial charge in [-0.3, -0.25) is 14.4 Å². The number of aromatic carboxylic acids is 1. The molecule has 0 bridgehead atoms. The number of thioether (sulfide) groups is 1. The quantitative estimate of drug-likeness (QED) is 0.302. The Labute approximate surface area is 205 Å². The number of amides is 2. The van der Waals surface area contributed by atoms with E-state index in [-0.39, 0.29) is 22.4 Å². The van der Waals surface area contributed by atoms with E-state index in [9.17, 15) is 29.4 Å². The Bertz CT molecular complexity index is 1150. The van der Waals surface area contributed by atoms with Gasteiger partial charge in [0, 0.05) is 16.3 Å². The zero-order chi connectivity index (χ0) is 24.8. The van der Waals surface area contributed by atoms with E-state index in [0.717, 1.165) is 4.90 Å². The van der Waals surface area contributed by atoms with Gasteiger partial charge in [0.15, 0.2) is 0 Å². The molecule has 0 aromatic heterocycles. The highest BCUT2D eigenvalue weighted by molar-refractivity contribution is 8.00. The van der Waals surface area contributed by atoms with Gasteiger partial charge < -0.3 is 20.8 Å². The van der Waals surface area contributed by atoms with Crippen molar-refractivity contribution in [2.45, 2.75) is 29.9 Å². The van der Waals surface area contributed by atoms with Crippen molar-refractivity contribution in [1.29, 1.82) is 0 Å². The van der Waals surface area contributed by atoms with Crippen LogP contribution in [0.1, 0.15) is 30.1 Å². The molecule has 0 spiro atoms. The molecule has 2 aromatic carbocycles. The van der Waals surface area contributed by atoms with Gasteiger partial charge in [0.2, 0.25) is 11.8 Å². The molecule has 1 aliphatic carbocycles.